The Kier molecular flexibility index (Phi) is 4.22. The molecular formula is C12H17BrN2OS. The minimum absolute atomic E-state index is 0.0340. The second kappa shape index (κ2) is 5.50. The molecule has 2 rings (SSSR count). The molecule has 17 heavy (non-hydrogen) atoms. The zero-order chi connectivity index (χ0) is 12.3. The number of hydrogen-bond acceptors (Lipinski definition) is 3. The van der Waals surface area contributed by atoms with Crippen LogP contribution in [0.1, 0.15) is 30.1 Å². The summed E-state index contributed by atoms with van der Waals surface area (Å²) in [5.41, 5.74) is 0.994. The number of hydrogen-bond donors (Lipinski definition) is 2. The molecule has 0 spiro atoms. The summed E-state index contributed by atoms with van der Waals surface area (Å²) in [6.07, 6.45) is 2.25. The second-order valence-corrected chi connectivity index (χ2v) is 7.17. The van der Waals surface area contributed by atoms with Gasteiger partial charge in [-0.05, 0) is 53.3 Å². The zero-order valence-corrected chi connectivity index (χ0v) is 12.3. The average molecular weight is 317 g/mol. The Hall–Kier alpha value is -0.390. The fraction of sp³-hybridized carbons (Fsp3) is 0.583. The van der Waals surface area contributed by atoms with E-state index in [1.54, 1.807) is 0 Å². The van der Waals surface area contributed by atoms with Crippen LogP contribution in [-0.2, 0) is 0 Å². The highest BCUT2D eigenvalue weighted by atomic mass is 79.9. The Labute approximate surface area is 114 Å². The molecule has 0 aromatic carbocycles. The van der Waals surface area contributed by atoms with E-state index in [4.69, 9.17) is 0 Å². The SMILES string of the molecule is CC1(CNC(=O)c2csc(Br)c2)CCNCC1. The van der Waals surface area contributed by atoms with Gasteiger partial charge in [0, 0.05) is 11.9 Å². The van der Waals surface area contributed by atoms with Crippen LogP contribution >= 0.6 is 27.3 Å². The quantitative estimate of drug-likeness (QED) is 0.900. The summed E-state index contributed by atoms with van der Waals surface area (Å²) >= 11 is 4.91. The van der Waals surface area contributed by atoms with Gasteiger partial charge in [0.2, 0.25) is 0 Å². The molecule has 0 aliphatic carbocycles. The van der Waals surface area contributed by atoms with Gasteiger partial charge in [0.1, 0.15) is 0 Å². The van der Waals surface area contributed by atoms with Crippen molar-refractivity contribution in [3.05, 3.63) is 20.8 Å². The molecule has 0 saturated carbocycles. The Morgan fingerprint density at radius 3 is 2.88 bits per heavy atom. The van der Waals surface area contributed by atoms with E-state index in [0.717, 1.165) is 41.8 Å². The highest BCUT2D eigenvalue weighted by Gasteiger charge is 2.27. The van der Waals surface area contributed by atoms with Crippen molar-refractivity contribution in [1.82, 2.24) is 10.6 Å². The Morgan fingerprint density at radius 1 is 1.59 bits per heavy atom. The van der Waals surface area contributed by atoms with Gasteiger partial charge in [0.05, 0.1) is 9.35 Å². The van der Waals surface area contributed by atoms with Gasteiger partial charge in [-0.25, -0.2) is 0 Å². The molecule has 1 aliphatic heterocycles. The first kappa shape index (κ1) is 13.1. The highest BCUT2D eigenvalue weighted by Crippen LogP contribution is 2.27. The molecule has 1 amide bonds. The number of carbonyl (C=O) groups is 1. The van der Waals surface area contributed by atoms with Gasteiger partial charge in [-0.2, -0.15) is 0 Å². The lowest BCUT2D eigenvalue weighted by Crippen LogP contribution is -2.42. The lowest BCUT2D eigenvalue weighted by molar-refractivity contribution is 0.0922. The van der Waals surface area contributed by atoms with E-state index < -0.39 is 0 Å². The van der Waals surface area contributed by atoms with Gasteiger partial charge in [-0.15, -0.1) is 11.3 Å². The summed E-state index contributed by atoms with van der Waals surface area (Å²) in [5.74, 6) is 0.0340. The van der Waals surface area contributed by atoms with Gasteiger partial charge in [0.25, 0.3) is 5.91 Å². The summed E-state index contributed by atoms with van der Waals surface area (Å²) in [7, 11) is 0. The summed E-state index contributed by atoms with van der Waals surface area (Å²) in [4.78, 5) is 11.9. The molecule has 1 aromatic rings. The number of piperidine rings is 1. The van der Waals surface area contributed by atoms with Crippen molar-refractivity contribution in [2.75, 3.05) is 19.6 Å². The molecule has 5 heteroatoms. The van der Waals surface area contributed by atoms with Crippen molar-refractivity contribution in [3.8, 4) is 0 Å². The van der Waals surface area contributed by atoms with Gasteiger partial charge in [-0.1, -0.05) is 6.92 Å². The maximum Gasteiger partial charge on any atom is 0.252 e. The summed E-state index contributed by atoms with van der Waals surface area (Å²) in [6.45, 7) is 5.12. The van der Waals surface area contributed by atoms with Crippen LogP contribution in [-0.4, -0.2) is 25.5 Å². The third-order valence-electron chi connectivity index (χ3n) is 3.32. The fourth-order valence-corrected chi connectivity index (χ4v) is 3.17. The normalized spacial score (nSPS) is 18.9. The third kappa shape index (κ3) is 3.53. The van der Waals surface area contributed by atoms with E-state index in [1.165, 1.54) is 11.3 Å². The first-order valence-electron chi connectivity index (χ1n) is 5.82. The number of nitrogens with one attached hydrogen (secondary N) is 2. The van der Waals surface area contributed by atoms with Gasteiger partial charge in [-0.3, -0.25) is 4.79 Å². The smallest absolute Gasteiger partial charge is 0.252 e. The molecule has 0 bridgehead atoms. The molecule has 0 atom stereocenters. The van der Waals surface area contributed by atoms with E-state index in [-0.39, 0.29) is 11.3 Å². The fourth-order valence-electron chi connectivity index (χ4n) is 2.03. The van der Waals surface area contributed by atoms with Crippen molar-refractivity contribution >= 4 is 33.2 Å². The highest BCUT2D eigenvalue weighted by molar-refractivity contribution is 9.11. The molecule has 94 valence electrons. The molecule has 1 aromatic heterocycles. The molecule has 1 saturated heterocycles. The monoisotopic (exact) mass is 316 g/mol. The van der Waals surface area contributed by atoms with Gasteiger partial charge < -0.3 is 10.6 Å². The number of amides is 1. The Morgan fingerprint density at radius 2 is 2.29 bits per heavy atom. The Bertz CT molecular complexity index is 399. The summed E-state index contributed by atoms with van der Waals surface area (Å²) in [5, 5.41) is 8.27. The lowest BCUT2D eigenvalue weighted by atomic mass is 9.81. The summed E-state index contributed by atoms with van der Waals surface area (Å²) in [6, 6.07) is 1.87. The third-order valence-corrected chi connectivity index (χ3v) is 4.82. The van der Waals surface area contributed by atoms with Gasteiger partial charge >= 0.3 is 0 Å². The molecule has 2 heterocycles. The molecule has 0 unspecified atom stereocenters. The number of carbonyl (C=O) groups excluding carboxylic acids is 1. The van der Waals surface area contributed by atoms with E-state index in [2.05, 4.69) is 33.5 Å². The van der Waals surface area contributed by atoms with Crippen LogP contribution in [0.4, 0.5) is 0 Å². The van der Waals surface area contributed by atoms with E-state index in [0.29, 0.717) is 0 Å². The number of thiophene rings is 1. The van der Waals surface area contributed by atoms with E-state index in [9.17, 15) is 4.79 Å². The second-order valence-electron chi connectivity index (χ2n) is 4.88. The minimum atomic E-state index is 0.0340. The van der Waals surface area contributed by atoms with Crippen molar-refractivity contribution in [2.45, 2.75) is 19.8 Å². The van der Waals surface area contributed by atoms with Crippen LogP contribution in [0.25, 0.3) is 0 Å². The summed E-state index contributed by atoms with van der Waals surface area (Å²) < 4.78 is 0.996. The van der Waals surface area contributed by atoms with E-state index >= 15 is 0 Å². The van der Waals surface area contributed by atoms with Crippen LogP contribution in [0.15, 0.2) is 15.2 Å². The zero-order valence-electron chi connectivity index (χ0n) is 9.88. The van der Waals surface area contributed by atoms with Crippen LogP contribution in [0.2, 0.25) is 0 Å². The van der Waals surface area contributed by atoms with Crippen molar-refractivity contribution in [3.63, 3.8) is 0 Å². The maximum atomic E-state index is 11.9. The van der Waals surface area contributed by atoms with Crippen LogP contribution in [0.3, 0.4) is 0 Å². The standard InChI is InChI=1S/C12H17BrN2OS/c1-12(2-4-14-5-3-12)8-15-11(16)9-6-10(13)17-7-9/h6-7,14H,2-5,8H2,1H3,(H,15,16). The first-order chi connectivity index (χ1) is 8.09. The molecular weight excluding hydrogens is 300 g/mol. The van der Waals surface area contributed by atoms with Crippen molar-refractivity contribution < 1.29 is 4.79 Å². The predicted molar refractivity (Wildman–Crippen MR) is 74.6 cm³/mol. The van der Waals surface area contributed by atoms with Crippen molar-refractivity contribution in [2.24, 2.45) is 5.41 Å². The molecule has 3 nitrogen and oxygen atoms in total. The topological polar surface area (TPSA) is 41.1 Å². The maximum absolute atomic E-state index is 11.9. The molecule has 0 radical (unpaired) electrons. The number of halogens is 1. The van der Waals surface area contributed by atoms with Crippen LogP contribution < -0.4 is 10.6 Å². The predicted octanol–water partition coefficient (Wildman–Crippen LogP) is 2.63. The Balaban J connectivity index is 1.87. The molecule has 2 N–H and O–H groups in total. The van der Waals surface area contributed by atoms with Crippen LogP contribution in [0.5, 0.6) is 0 Å². The average Bonchev–Trinajstić information content (AvgIpc) is 2.74. The minimum Gasteiger partial charge on any atom is -0.351 e. The van der Waals surface area contributed by atoms with Crippen LogP contribution in [0, 0.1) is 5.41 Å². The lowest BCUT2D eigenvalue weighted by Gasteiger charge is -2.34. The molecule has 1 aliphatic rings. The first-order valence-corrected chi connectivity index (χ1v) is 7.49. The molecule has 1 fully saturated rings. The van der Waals surface area contributed by atoms with E-state index in [1.807, 2.05) is 11.4 Å². The largest absolute Gasteiger partial charge is 0.351 e. The van der Waals surface area contributed by atoms with Gasteiger partial charge in [0.15, 0.2) is 0 Å². The number of rotatable bonds is 3. The van der Waals surface area contributed by atoms with Crippen molar-refractivity contribution in [1.29, 1.82) is 0 Å².